The molecule has 1 aromatic carbocycles. The SMILES string of the molecule is COc1cc(CBr)ccc1C(Br)OC. The van der Waals surface area contributed by atoms with E-state index in [1.165, 1.54) is 5.56 Å². The minimum atomic E-state index is -0.123. The zero-order valence-electron chi connectivity index (χ0n) is 8.09. The molecule has 2 nitrogen and oxygen atoms in total. The third kappa shape index (κ3) is 2.72. The van der Waals surface area contributed by atoms with Crippen LogP contribution in [0.25, 0.3) is 0 Å². The number of benzene rings is 1. The first kappa shape index (κ1) is 12.0. The Balaban J connectivity index is 3.04. The van der Waals surface area contributed by atoms with Crippen LogP contribution in [0, 0.1) is 0 Å². The van der Waals surface area contributed by atoms with E-state index < -0.39 is 0 Å². The summed E-state index contributed by atoms with van der Waals surface area (Å²) in [4.78, 5) is 0. The molecule has 0 N–H and O–H groups in total. The fourth-order valence-electron chi connectivity index (χ4n) is 1.15. The maximum atomic E-state index is 5.28. The van der Waals surface area contributed by atoms with Gasteiger partial charge in [0.2, 0.25) is 0 Å². The Hall–Kier alpha value is -0.0600. The lowest BCUT2D eigenvalue weighted by atomic mass is 10.1. The molecule has 0 aliphatic rings. The van der Waals surface area contributed by atoms with Crippen LogP contribution in [0.4, 0.5) is 0 Å². The van der Waals surface area contributed by atoms with Crippen LogP contribution in [-0.2, 0) is 10.1 Å². The minimum Gasteiger partial charge on any atom is -0.496 e. The second-order valence-electron chi connectivity index (χ2n) is 2.76. The molecule has 1 atom stereocenters. The molecule has 4 heteroatoms. The fourth-order valence-corrected chi connectivity index (χ4v) is 1.88. The van der Waals surface area contributed by atoms with Crippen molar-refractivity contribution in [1.82, 2.24) is 0 Å². The highest BCUT2D eigenvalue weighted by atomic mass is 79.9. The molecule has 0 bridgehead atoms. The average Bonchev–Trinajstić information content (AvgIpc) is 2.27. The molecule has 1 aromatic rings. The van der Waals surface area contributed by atoms with Gasteiger partial charge in [0.05, 0.1) is 7.11 Å². The maximum absolute atomic E-state index is 5.28. The van der Waals surface area contributed by atoms with Crippen LogP contribution < -0.4 is 4.74 Å². The van der Waals surface area contributed by atoms with Crippen molar-refractivity contribution in [1.29, 1.82) is 0 Å². The summed E-state index contributed by atoms with van der Waals surface area (Å²) in [5.41, 5.74) is 2.18. The zero-order valence-corrected chi connectivity index (χ0v) is 11.3. The number of hydrogen-bond acceptors (Lipinski definition) is 2. The lowest BCUT2D eigenvalue weighted by Crippen LogP contribution is -1.97. The Labute approximate surface area is 101 Å². The number of rotatable bonds is 4. The summed E-state index contributed by atoms with van der Waals surface area (Å²) in [5.74, 6) is 0.839. The average molecular weight is 324 g/mol. The summed E-state index contributed by atoms with van der Waals surface area (Å²) in [6.45, 7) is 0. The Bertz CT molecular complexity index is 302. The smallest absolute Gasteiger partial charge is 0.140 e. The van der Waals surface area contributed by atoms with Gasteiger partial charge in [-0.1, -0.05) is 44.0 Å². The molecule has 0 aromatic heterocycles. The summed E-state index contributed by atoms with van der Waals surface area (Å²) in [7, 11) is 3.31. The van der Waals surface area contributed by atoms with E-state index in [9.17, 15) is 0 Å². The van der Waals surface area contributed by atoms with E-state index in [1.807, 2.05) is 18.2 Å². The summed E-state index contributed by atoms with van der Waals surface area (Å²) < 4.78 is 10.5. The van der Waals surface area contributed by atoms with Crippen LogP contribution in [-0.4, -0.2) is 14.2 Å². The summed E-state index contributed by atoms with van der Waals surface area (Å²) in [6, 6.07) is 6.04. The van der Waals surface area contributed by atoms with Gasteiger partial charge in [-0.25, -0.2) is 0 Å². The molecule has 0 heterocycles. The number of halogens is 2. The van der Waals surface area contributed by atoms with Gasteiger partial charge in [-0.3, -0.25) is 0 Å². The number of alkyl halides is 2. The Kier molecular flexibility index (Phi) is 4.92. The molecule has 0 amide bonds. The normalized spacial score (nSPS) is 12.6. The van der Waals surface area contributed by atoms with Crippen molar-refractivity contribution in [3.05, 3.63) is 29.3 Å². The first-order valence-electron chi connectivity index (χ1n) is 4.12. The van der Waals surface area contributed by atoms with Gasteiger partial charge in [-0.05, 0) is 11.6 Å². The second-order valence-corrected chi connectivity index (χ2v) is 4.15. The van der Waals surface area contributed by atoms with Gasteiger partial charge < -0.3 is 9.47 Å². The molecule has 0 saturated carbocycles. The Morgan fingerprint density at radius 3 is 2.57 bits per heavy atom. The molecule has 0 fully saturated rings. The van der Waals surface area contributed by atoms with Gasteiger partial charge in [0, 0.05) is 18.0 Å². The van der Waals surface area contributed by atoms with E-state index in [-0.39, 0.29) is 5.01 Å². The van der Waals surface area contributed by atoms with Crippen molar-refractivity contribution < 1.29 is 9.47 Å². The topological polar surface area (TPSA) is 18.5 Å². The quantitative estimate of drug-likeness (QED) is 0.788. The van der Waals surface area contributed by atoms with Gasteiger partial charge in [0.25, 0.3) is 0 Å². The summed E-state index contributed by atoms with van der Waals surface area (Å²) in [5, 5.41) is 0.700. The van der Waals surface area contributed by atoms with E-state index in [4.69, 9.17) is 9.47 Å². The molecule has 0 saturated heterocycles. The standard InChI is InChI=1S/C10H12Br2O2/c1-13-9-5-7(6-11)3-4-8(9)10(12)14-2/h3-5,10H,6H2,1-2H3. The molecule has 1 rings (SSSR count). The van der Waals surface area contributed by atoms with E-state index >= 15 is 0 Å². The monoisotopic (exact) mass is 322 g/mol. The van der Waals surface area contributed by atoms with Crippen molar-refractivity contribution in [3.8, 4) is 5.75 Å². The molecular weight excluding hydrogens is 312 g/mol. The van der Waals surface area contributed by atoms with E-state index in [1.54, 1.807) is 14.2 Å². The zero-order chi connectivity index (χ0) is 10.6. The highest BCUT2D eigenvalue weighted by Crippen LogP contribution is 2.32. The van der Waals surface area contributed by atoms with Crippen molar-refractivity contribution in [2.75, 3.05) is 14.2 Å². The molecule has 0 aliphatic heterocycles. The molecule has 14 heavy (non-hydrogen) atoms. The lowest BCUT2D eigenvalue weighted by molar-refractivity contribution is 0.178. The Morgan fingerprint density at radius 1 is 1.36 bits per heavy atom. The summed E-state index contributed by atoms with van der Waals surface area (Å²) in [6.07, 6.45) is 0. The van der Waals surface area contributed by atoms with Crippen LogP contribution in [0.1, 0.15) is 16.1 Å². The van der Waals surface area contributed by atoms with Gasteiger partial charge in [-0.15, -0.1) is 0 Å². The third-order valence-corrected chi connectivity index (χ3v) is 3.42. The van der Waals surface area contributed by atoms with E-state index in [0.29, 0.717) is 0 Å². The van der Waals surface area contributed by atoms with E-state index in [2.05, 4.69) is 31.9 Å². The second kappa shape index (κ2) is 5.73. The largest absolute Gasteiger partial charge is 0.496 e. The molecule has 0 aliphatic carbocycles. The molecule has 1 unspecified atom stereocenters. The fraction of sp³-hybridized carbons (Fsp3) is 0.400. The number of ether oxygens (including phenoxy) is 2. The highest BCUT2D eigenvalue weighted by Gasteiger charge is 2.12. The van der Waals surface area contributed by atoms with Crippen molar-refractivity contribution >= 4 is 31.9 Å². The molecule has 78 valence electrons. The predicted molar refractivity (Wildman–Crippen MR) is 64.3 cm³/mol. The number of methoxy groups -OCH3 is 2. The third-order valence-electron chi connectivity index (χ3n) is 1.90. The van der Waals surface area contributed by atoms with Crippen LogP contribution in [0.3, 0.4) is 0 Å². The van der Waals surface area contributed by atoms with Gasteiger partial charge in [-0.2, -0.15) is 0 Å². The first-order valence-corrected chi connectivity index (χ1v) is 6.16. The Morgan fingerprint density at radius 2 is 2.07 bits per heavy atom. The van der Waals surface area contributed by atoms with Crippen LogP contribution in [0.2, 0.25) is 0 Å². The molecule has 0 spiro atoms. The highest BCUT2D eigenvalue weighted by molar-refractivity contribution is 9.09. The molecule has 0 radical (unpaired) electrons. The van der Waals surface area contributed by atoms with Crippen LogP contribution in [0.5, 0.6) is 5.75 Å². The first-order chi connectivity index (χ1) is 6.72. The van der Waals surface area contributed by atoms with Gasteiger partial charge in [0.15, 0.2) is 0 Å². The maximum Gasteiger partial charge on any atom is 0.140 e. The lowest BCUT2D eigenvalue weighted by Gasteiger charge is -2.13. The summed E-state index contributed by atoms with van der Waals surface area (Å²) >= 11 is 6.81. The van der Waals surface area contributed by atoms with E-state index in [0.717, 1.165) is 16.6 Å². The van der Waals surface area contributed by atoms with Crippen molar-refractivity contribution in [2.45, 2.75) is 10.3 Å². The number of hydrogen-bond donors (Lipinski definition) is 0. The van der Waals surface area contributed by atoms with Crippen LogP contribution in [0.15, 0.2) is 18.2 Å². The minimum absolute atomic E-state index is 0.123. The molecular formula is C10H12Br2O2. The predicted octanol–water partition coefficient (Wildman–Crippen LogP) is 3.63. The van der Waals surface area contributed by atoms with Gasteiger partial charge in [0.1, 0.15) is 10.8 Å². The van der Waals surface area contributed by atoms with Crippen LogP contribution >= 0.6 is 31.9 Å². The van der Waals surface area contributed by atoms with Gasteiger partial charge >= 0.3 is 0 Å². The van der Waals surface area contributed by atoms with Crippen molar-refractivity contribution in [3.63, 3.8) is 0 Å². The van der Waals surface area contributed by atoms with Crippen molar-refractivity contribution in [2.24, 2.45) is 0 Å².